The molecule has 0 bridgehead atoms. The molecule has 13 heavy (non-hydrogen) atoms. The predicted molar refractivity (Wildman–Crippen MR) is 56.8 cm³/mol. The van der Waals surface area contributed by atoms with E-state index in [1.807, 2.05) is 18.0 Å². The fourth-order valence-corrected chi connectivity index (χ4v) is 1.69. The highest BCUT2D eigenvalue weighted by molar-refractivity contribution is 9.10. The van der Waals surface area contributed by atoms with Crippen molar-refractivity contribution in [2.24, 2.45) is 0 Å². The molecule has 1 N–H and O–H groups in total. The summed E-state index contributed by atoms with van der Waals surface area (Å²) in [4.78, 5) is 6.27. The molecule has 0 spiro atoms. The van der Waals surface area contributed by atoms with Crippen LogP contribution in [0.4, 0.5) is 5.82 Å². The first-order chi connectivity index (χ1) is 6.19. The Kier molecular flexibility index (Phi) is 3.69. The highest BCUT2D eigenvalue weighted by Crippen LogP contribution is 2.23. The number of aliphatic hydroxyl groups excluding tert-OH is 1. The number of anilines is 1. The van der Waals surface area contributed by atoms with E-state index in [2.05, 4.69) is 27.8 Å². The quantitative estimate of drug-likeness (QED) is 0.881. The molecule has 1 aromatic heterocycles. The molecule has 0 aliphatic carbocycles. The normalized spacial score (nSPS) is 10.2. The van der Waals surface area contributed by atoms with Gasteiger partial charge in [0.2, 0.25) is 0 Å². The molecular weight excluding hydrogens is 232 g/mol. The minimum Gasteiger partial charge on any atom is -0.392 e. The fourth-order valence-electron chi connectivity index (χ4n) is 0.987. The van der Waals surface area contributed by atoms with E-state index in [0.29, 0.717) is 0 Å². The van der Waals surface area contributed by atoms with Gasteiger partial charge >= 0.3 is 0 Å². The molecule has 4 heteroatoms. The fraction of sp³-hybridized carbons (Fsp3) is 0.444. The van der Waals surface area contributed by atoms with E-state index in [-0.39, 0.29) is 6.61 Å². The van der Waals surface area contributed by atoms with Gasteiger partial charge in [-0.25, -0.2) is 4.98 Å². The van der Waals surface area contributed by atoms with Crippen molar-refractivity contribution < 1.29 is 5.11 Å². The van der Waals surface area contributed by atoms with E-state index in [0.717, 1.165) is 22.4 Å². The van der Waals surface area contributed by atoms with Crippen molar-refractivity contribution in [3.05, 3.63) is 22.3 Å². The van der Waals surface area contributed by atoms with Crippen LogP contribution in [0, 0.1) is 0 Å². The lowest BCUT2D eigenvalue weighted by Crippen LogP contribution is -2.17. The second-order valence-electron chi connectivity index (χ2n) is 2.82. The van der Waals surface area contributed by atoms with E-state index < -0.39 is 0 Å². The van der Waals surface area contributed by atoms with Gasteiger partial charge in [0.25, 0.3) is 0 Å². The minimum atomic E-state index is 0.0295. The summed E-state index contributed by atoms with van der Waals surface area (Å²) in [7, 11) is 1.98. The molecule has 1 heterocycles. The molecule has 0 aromatic carbocycles. The highest BCUT2D eigenvalue weighted by Gasteiger charge is 2.05. The maximum atomic E-state index is 8.87. The van der Waals surface area contributed by atoms with Gasteiger partial charge in [-0.05, 0) is 34.5 Å². The van der Waals surface area contributed by atoms with Crippen LogP contribution < -0.4 is 4.90 Å². The summed E-state index contributed by atoms with van der Waals surface area (Å²) in [5.41, 5.74) is 0.820. The molecule has 72 valence electrons. The van der Waals surface area contributed by atoms with E-state index in [9.17, 15) is 0 Å². The zero-order valence-corrected chi connectivity index (χ0v) is 9.37. The summed E-state index contributed by atoms with van der Waals surface area (Å²) in [6.07, 6.45) is 1.69. The molecule has 1 rings (SSSR count). The summed E-state index contributed by atoms with van der Waals surface area (Å²) in [6.45, 7) is 3.00. The Hall–Kier alpha value is -0.610. The monoisotopic (exact) mass is 244 g/mol. The van der Waals surface area contributed by atoms with Crippen molar-refractivity contribution in [2.45, 2.75) is 13.5 Å². The third-order valence-electron chi connectivity index (χ3n) is 1.90. The van der Waals surface area contributed by atoms with Crippen LogP contribution in [-0.2, 0) is 6.61 Å². The van der Waals surface area contributed by atoms with Crippen LogP contribution >= 0.6 is 15.9 Å². The van der Waals surface area contributed by atoms with E-state index >= 15 is 0 Å². The van der Waals surface area contributed by atoms with Crippen molar-refractivity contribution in [3.63, 3.8) is 0 Å². The first-order valence-electron chi connectivity index (χ1n) is 4.15. The number of hydrogen-bond acceptors (Lipinski definition) is 3. The molecule has 0 amide bonds. The van der Waals surface area contributed by atoms with Gasteiger partial charge < -0.3 is 10.0 Å². The van der Waals surface area contributed by atoms with Gasteiger partial charge in [-0.2, -0.15) is 0 Å². The van der Waals surface area contributed by atoms with Crippen LogP contribution in [0.1, 0.15) is 12.5 Å². The topological polar surface area (TPSA) is 36.4 Å². The maximum absolute atomic E-state index is 8.87. The zero-order chi connectivity index (χ0) is 9.84. The summed E-state index contributed by atoms with van der Waals surface area (Å²) in [5, 5.41) is 8.87. The molecule has 0 saturated heterocycles. The molecule has 0 atom stereocenters. The van der Waals surface area contributed by atoms with Crippen molar-refractivity contribution in [1.82, 2.24) is 4.98 Å². The number of nitrogens with zero attached hydrogens (tertiary/aromatic N) is 2. The third-order valence-corrected chi connectivity index (χ3v) is 2.48. The van der Waals surface area contributed by atoms with Crippen molar-refractivity contribution in [3.8, 4) is 0 Å². The van der Waals surface area contributed by atoms with Gasteiger partial charge in [-0.15, -0.1) is 0 Å². The van der Waals surface area contributed by atoms with Gasteiger partial charge in [-0.3, -0.25) is 0 Å². The minimum absolute atomic E-state index is 0.0295. The molecule has 0 aliphatic heterocycles. The van der Waals surface area contributed by atoms with Crippen molar-refractivity contribution in [1.29, 1.82) is 0 Å². The number of halogens is 1. The number of aromatic nitrogens is 1. The SMILES string of the molecule is CCN(C)c1ncc(CO)cc1Br. The smallest absolute Gasteiger partial charge is 0.142 e. The Morgan fingerprint density at radius 2 is 2.31 bits per heavy atom. The summed E-state index contributed by atoms with van der Waals surface area (Å²) in [6, 6.07) is 1.88. The number of aliphatic hydroxyl groups is 1. The molecule has 1 aromatic rings. The Balaban J connectivity index is 2.98. The first kappa shape index (κ1) is 10.5. The van der Waals surface area contributed by atoms with Crippen LogP contribution in [0.25, 0.3) is 0 Å². The lowest BCUT2D eigenvalue weighted by molar-refractivity contribution is 0.281. The maximum Gasteiger partial charge on any atom is 0.142 e. The van der Waals surface area contributed by atoms with Crippen molar-refractivity contribution in [2.75, 3.05) is 18.5 Å². The largest absolute Gasteiger partial charge is 0.392 e. The average Bonchev–Trinajstić information content (AvgIpc) is 2.16. The lowest BCUT2D eigenvalue weighted by Gasteiger charge is -2.17. The predicted octanol–water partition coefficient (Wildman–Crippen LogP) is 1.79. The van der Waals surface area contributed by atoms with Crippen LogP contribution in [0.2, 0.25) is 0 Å². The molecule has 0 radical (unpaired) electrons. The van der Waals surface area contributed by atoms with E-state index in [1.165, 1.54) is 0 Å². The average molecular weight is 245 g/mol. The van der Waals surface area contributed by atoms with Gasteiger partial charge in [-0.1, -0.05) is 0 Å². The lowest BCUT2D eigenvalue weighted by atomic mass is 10.3. The Morgan fingerprint density at radius 3 is 2.77 bits per heavy atom. The second-order valence-corrected chi connectivity index (χ2v) is 3.68. The van der Waals surface area contributed by atoms with Gasteiger partial charge in [0, 0.05) is 19.8 Å². The van der Waals surface area contributed by atoms with Crippen LogP contribution in [0.5, 0.6) is 0 Å². The Bertz CT molecular complexity index is 291. The van der Waals surface area contributed by atoms with Crippen LogP contribution in [-0.4, -0.2) is 23.7 Å². The third kappa shape index (κ3) is 2.42. The summed E-state index contributed by atoms with van der Waals surface area (Å²) >= 11 is 3.41. The highest BCUT2D eigenvalue weighted by atomic mass is 79.9. The van der Waals surface area contributed by atoms with Gasteiger partial charge in [0.15, 0.2) is 0 Å². The first-order valence-corrected chi connectivity index (χ1v) is 4.94. The van der Waals surface area contributed by atoms with E-state index in [4.69, 9.17) is 5.11 Å². The van der Waals surface area contributed by atoms with Gasteiger partial charge in [0.05, 0.1) is 11.1 Å². The molecule has 0 unspecified atom stereocenters. The molecule has 3 nitrogen and oxygen atoms in total. The summed E-state index contributed by atoms with van der Waals surface area (Å²) < 4.78 is 0.920. The van der Waals surface area contributed by atoms with Crippen molar-refractivity contribution >= 4 is 21.7 Å². The Morgan fingerprint density at radius 1 is 1.62 bits per heavy atom. The summed E-state index contributed by atoms with van der Waals surface area (Å²) in [5.74, 6) is 0.903. The number of rotatable bonds is 3. The van der Waals surface area contributed by atoms with Crippen LogP contribution in [0.15, 0.2) is 16.7 Å². The number of pyridine rings is 1. The Labute approximate surface area is 86.5 Å². The van der Waals surface area contributed by atoms with E-state index in [1.54, 1.807) is 6.20 Å². The second kappa shape index (κ2) is 4.58. The van der Waals surface area contributed by atoms with Gasteiger partial charge in [0.1, 0.15) is 5.82 Å². The standard InChI is InChI=1S/C9H13BrN2O/c1-3-12(2)9-8(10)4-7(6-13)5-11-9/h4-5,13H,3,6H2,1-2H3. The molecular formula is C9H13BrN2O. The molecule has 0 saturated carbocycles. The molecule has 0 fully saturated rings. The molecule has 0 aliphatic rings. The van der Waals surface area contributed by atoms with Crippen LogP contribution in [0.3, 0.4) is 0 Å². The number of hydrogen-bond donors (Lipinski definition) is 1. The zero-order valence-electron chi connectivity index (χ0n) is 7.79.